The molecule has 0 saturated carbocycles. The van der Waals surface area contributed by atoms with Crippen LogP contribution in [0.15, 0.2) is 24.3 Å². The fraction of sp³-hybridized carbons (Fsp3) is 0.538. The maximum atomic E-state index is 2.29. The molecule has 0 N–H and O–H groups in total. The van der Waals surface area contributed by atoms with Crippen molar-refractivity contribution in [3.8, 4) is 0 Å². The Morgan fingerprint density at radius 3 is 2.00 bits per heavy atom. The summed E-state index contributed by atoms with van der Waals surface area (Å²) in [5.41, 5.74) is 3.40. The third-order valence-electron chi connectivity index (χ3n) is 2.22. The van der Waals surface area contributed by atoms with Gasteiger partial charge in [0.25, 0.3) is 0 Å². The summed E-state index contributed by atoms with van der Waals surface area (Å²) >= 11 is 0. The second kappa shape index (κ2) is 3.95. The van der Waals surface area contributed by atoms with Crippen LogP contribution in [0.4, 0.5) is 0 Å². The zero-order chi connectivity index (χ0) is 9.90. The van der Waals surface area contributed by atoms with E-state index in [1.165, 1.54) is 17.5 Å². The van der Waals surface area contributed by atoms with E-state index in [0.717, 1.165) is 6.42 Å². The first-order valence-corrected chi connectivity index (χ1v) is 5.10. The van der Waals surface area contributed by atoms with Crippen LogP contribution in [-0.2, 0) is 12.8 Å². The van der Waals surface area contributed by atoms with E-state index >= 15 is 0 Å². The maximum Gasteiger partial charge on any atom is -0.0227 e. The van der Waals surface area contributed by atoms with Crippen LogP contribution in [0.5, 0.6) is 0 Å². The van der Waals surface area contributed by atoms with Gasteiger partial charge in [-0.05, 0) is 29.4 Å². The standard InChI is InChI=1S/C13H20/c1-5-11-8-6-7-9-12(11)10-13(2,3)4/h6-9H,5,10H2,1-4H3. The fourth-order valence-corrected chi connectivity index (χ4v) is 1.65. The van der Waals surface area contributed by atoms with Gasteiger partial charge in [0, 0.05) is 0 Å². The van der Waals surface area contributed by atoms with E-state index < -0.39 is 0 Å². The summed E-state index contributed by atoms with van der Waals surface area (Å²) in [7, 11) is 0. The minimum Gasteiger partial charge on any atom is -0.0620 e. The molecule has 0 amide bonds. The van der Waals surface area contributed by atoms with Crippen molar-refractivity contribution in [1.82, 2.24) is 0 Å². The van der Waals surface area contributed by atoms with Gasteiger partial charge in [0.05, 0.1) is 0 Å². The lowest BCUT2D eigenvalue weighted by Gasteiger charge is -2.20. The summed E-state index contributed by atoms with van der Waals surface area (Å²) in [6, 6.07) is 8.76. The van der Waals surface area contributed by atoms with Gasteiger partial charge in [0.15, 0.2) is 0 Å². The number of aryl methyl sites for hydroxylation is 1. The van der Waals surface area contributed by atoms with Crippen molar-refractivity contribution in [1.29, 1.82) is 0 Å². The summed E-state index contributed by atoms with van der Waals surface area (Å²) in [4.78, 5) is 0. The van der Waals surface area contributed by atoms with E-state index in [9.17, 15) is 0 Å². The van der Waals surface area contributed by atoms with Crippen molar-refractivity contribution in [2.24, 2.45) is 5.41 Å². The minimum absolute atomic E-state index is 0.394. The molecule has 0 bridgehead atoms. The van der Waals surface area contributed by atoms with Crippen molar-refractivity contribution >= 4 is 0 Å². The highest BCUT2D eigenvalue weighted by Gasteiger charge is 2.12. The molecule has 0 spiro atoms. The number of rotatable bonds is 2. The first-order chi connectivity index (χ1) is 6.03. The van der Waals surface area contributed by atoms with Gasteiger partial charge in [-0.2, -0.15) is 0 Å². The molecule has 0 aliphatic carbocycles. The maximum absolute atomic E-state index is 2.29. The van der Waals surface area contributed by atoms with Crippen molar-refractivity contribution in [2.45, 2.75) is 40.5 Å². The predicted octanol–water partition coefficient (Wildman–Crippen LogP) is 3.84. The molecule has 1 rings (SSSR count). The average Bonchev–Trinajstić information content (AvgIpc) is 2.02. The van der Waals surface area contributed by atoms with E-state index in [1.54, 1.807) is 0 Å². The molecule has 0 fully saturated rings. The SMILES string of the molecule is CCc1ccccc1CC(C)(C)C. The molecule has 0 aliphatic rings. The van der Waals surface area contributed by atoms with E-state index in [4.69, 9.17) is 0 Å². The summed E-state index contributed by atoms with van der Waals surface area (Å²) < 4.78 is 0. The highest BCUT2D eigenvalue weighted by Crippen LogP contribution is 2.22. The van der Waals surface area contributed by atoms with Crippen LogP contribution < -0.4 is 0 Å². The lowest BCUT2D eigenvalue weighted by molar-refractivity contribution is 0.410. The van der Waals surface area contributed by atoms with Crippen LogP contribution in [0, 0.1) is 5.41 Å². The smallest absolute Gasteiger partial charge is 0.0227 e. The van der Waals surface area contributed by atoms with E-state index in [0.29, 0.717) is 5.41 Å². The van der Waals surface area contributed by atoms with Crippen LogP contribution in [-0.4, -0.2) is 0 Å². The molecule has 0 heterocycles. The highest BCUT2D eigenvalue weighted by atomic mass is 14.2. The van der Waals surface area contributed by atoms with Gasteiger partial charge in [0.1, 0.15) is 0 Å². The van der Waals surface area contributed by atoms with Gasteiger partial charge >= 0.3 is 0 Å². The molecule has 0 radical (unpaired) electrons. The Morgan fingerprint density at radius 2 is 1.54 bits per heavy atom. The van der Waals surface area contributed by atoms with Gasteiger partial charge in [-0.3, -0.25) is 0 Å². The van der Waals surface area contributed by atoms with Crippen LogP contribution in [0.2, 0.25) is 0 Å². The quantitative estimate of drug-likeness (QED) is 0.642. The molecular weight excluding hydrogens is 156 g/mol. The molecule has 0 heteroatoms. The first kappa shape index (κ1) is 10.3. The lowest BCUT2D eigenvalue weighted by Crippen LogP contribution is -2.10. The summed E-state index contributed by atoms with van der Waals surface area (Å²) in [6.45, 7) is 9.10. The van der Waals surface area contributed by atoms with Crippen molar-refractivity contribution < 1.29 is 0 Å². The highest BCUT2D eigenvalue weighted by molar-refractivity contribution is 5.27. The van der Waals surface area contributed by atoms with Gasteiger partial charge in [0.2, 0.25) is 0 Å². The van der Waals surface area contributed by atoms with Crippen molar-refractivity contribution in [3.63, 3.8) is 0 Å². The fourth-order valence-electron chi connectivity index (χ4n) is 1.65. The third-order valence-corrected chi connectivity index (χ3v) is 2.22. The molecule has 1 aromatic carbocycles. The second-order valence-electron chi connectivity index (χ2n) is 4.86. The predicted molar refractivity (Wildman–Crippen MR) is 59.0 cm³/mol. The van der Waals surface area contributed by atoms with Crippen molar-refractivity contribution in [2.75, 3.05) is 0 Å². The molecule has 0 aromatic heterocycles. The normalized spacial score (nSPS) is 11.7. The second-order valence-corrected chi connectivity index (χ2v) is 4.86. The molecule has 72 valence electrons. The third kappa shape index (κ3) is 3.22. The van der Waals surface area contributed by atoms with Crippen LogP contribution >= 0.6 is 0 Å². The summed E-state index contributed by atoms with van der Waals surface area (Å²) in [5.74, 6) is 0. The molecule has 1 aromatic rings. The lowest BCUT2D eigenvalue weighted by atomic mass is 9.86. The van der Waals surface area contributed by atoms with Crippen molar-refractivity contribution in [3.05, 3.63) is 35.4 Å². The van der Waals surface area contributed by atoms with E-state index in [2.05, 4.69) is 52.0 Å². The van der Waals surface area contributed by atoms with Crippen LogP contribution in [0.3, 0.4) is 0 Å². The van der Waals surface area contributed by atoms with E-state index in [1.807, 2.05) is 0 Å². The average molecular weight is 176 g/mol. The molecule has 13 heavy (non-hydrogen) atoms. The van der Waals surface area contributed by atoms with Crippen LogP contribution in [0.1, 0.15) is 38.8 Å². The molecule has 0 aliphatic heterocycles. The topological polar surface area (TPSA) is 0 Å². The van der Waals surface area contributed by atoms with Gasteiger partial charge in [-0.25, -0.2) is 0 Å². The minimum atomic E-state index is 0.394. The molecule has 0 nitrogen and oxygen atoms in total. The number of benzene rings is 1. The van der Waals surface area contributed by atoms with Gasteiger partial charge < -0.3 is 0 Å². The molecule has 0 atom stereocenters. The zero-order valence-electron chi connectivity index (χ0n) is 9.22. The summed E-state index contributed by atoms with van der Waals surface area (Å²) in [5, 5.41) is 0. The molecule has 0 unspecified atom stereocenters. The van der Waals surface area contributed by atoms with Crippen LogP contribution in [0.25, 0.3) is 0 Å². The number of hydrogen-bond acceptors (Lipinski definition) is 0. The largest absolute Gasteiger partial charge is 0.0620 e. The Kier molecular flexibility index (Phi) is 3.13. The first-order valence-electron chi connectivity index (χ1n) is 5.10. The Labute approximate surface area is 82.0 Å². The van der Waals surface area contributed by atoms with E-state index in [-0.39, 0.29) is 0 Å². The number of hydrogen-bond donors (Lipinski definition) is 0. The summed E-state index contributed by atoms with van der Waals surface area (Å²) in [6.07, 6.45) is 2.32. The monoisotopic (exact) mass is 176 g/mol. The Bertz CT molecular complexity index is 266. The van der Waals surface area contributed by atoms with Gasteiger partial charge in [-0.15, -0.1) is 0 Å². The van der Waals surface area contributed by atoms with Gasteiger partial charge in [-0.1, -0.05) is 52.0 Å². The Balaban J connectivity index is 2.87. The molecular formula is C13H20. The Morgan fingerprint density at radius 1 is 1.00 bits per heavy atom. The Hall–Kier alpha value is -0.780. The molecule has 0 saturated heterocycles. The zero-order valence-corrected chi connectivity index (χ0v) is 9.22.